The van der Waals surface area contributed by atoms with Gasteiger partial charge in [-0.3, -0.25) is 14.9 Å². The van der Waals surface area contributed by atoms with Crippen molar-refractivity contribution in [3.05, 3.63) is 0 Å². The summed E-state index contributed by atoms with van der Waals surface area (Å²) in [6.45, 7) is 4.07. The van der Waals surface area contributed by atoms with Crippen LogP contribution in [0.5, 0.6) is 0 Å². The summed E-state index contributed by atoms with van der Waals surface area (Å²) in [7, 11) is -3.75. The molecule has 130 valence electrons. The number of hydrogen-bond acceptors (Lipinski definition) is 5. The second-order valence-corrected chi connectivity index (χ2v) is 9.47. The number of carbonyl (C=O) groups excluding carboxylic acids is 2. The van der Waals surface area contributed by atoms with Crippen LogP contribution in [0.25, 0.3) is 0 Å². The average molecular weight is 360 g/mol. The summed E-state index contributed by atoms with van der Waals surface area (Å²) in [5.41, 5.74) is 0. The van der Waals surface area contributed by atoms with E-state index in [2.05, 4.69) is 24.1 Å². The molecule has 1 heterocycles. The van der Waals surface area contributed by atoms with E-state index in [0.717, 1.165) is 32.1 Å². The second-order valence-electron chi connectivity index (χ2n) is 5.61. The van der Waals surface area contributed by atoms with E-state index in [9.17, 15) is 18.0 Å². The molecule has 0 aromatic rings. The standard InChI is InChI=1S/C16H25NO4S2/c1-3-5-7-8-9-10-12-16(14(18)17-15(19)22-16)23(20,21)13-11-6-4-2/h3-8,11-13H2,1-2H3,(H,17,18,19). The van der Waals surface area contributed by atoms with Gasteiger partial charge in [0, 0.05) is 12.8 Å². The van der Waals surface area contributed by atoms with Gasteiger partial charge in [0.1, 0.15) is 0 Å². The first-order valence-electron chi connectivity index (χ1n) is 8.12. The fraction of sp³-hybridized carbons (Fsp3) is 0.750. The van der Waals surface area contributed by atoms with E-state index in [4.69, 9.17) is 0 Å². The summed E-state index contributed by atoms with van der Waals surface area (Å²) in [6.07, 6.45) is 5.82. The lowest BCUT2D eigenvalue weighted by molar-refractivity contribution is -0.119. The van der Waals surface area contributed by atoms with Crippen molar-refractivity contribution in [1.82, 2.24) is 5.32 Å². The Morgan fingerprint density at radius 3 is 2.26 bits per heavy atom. The average Bonchev–Trinajstić information content (AvgIpc) is 2.78. The third kappa shape index (κ3) is 5.25. The predicted molar refractivity (Wildman–Crippen MR) is 93.7 cm³/mol. The lowest BCUT2D eigenvalue weighted by Gasteiger charge is -2.21. The van der Waals surface area contributed by atoms with E-state index in [0.29, 0.717) is 24.6 Å². The normalized spacial score (nSPS) is 21.0. The zero-order valence-corrected chi connectivity index (χ0v) is 15.4. The minimum absolute atomic E-state index is 0.0912. The van der Waals surface area contributed by atoms with E-state index in [1.54, 1.807) is 0 Å². The molecule has 1 fully saturated rings. The number of amides is 2. The van der Waals surface area contributed by atoms with Crippen LogP contribution < -0.4 is 5.32 Å². The fourth-order valence-electron chi connectivity index (χ4n) is 2.28. The van der Waals surface area contributed by atoms with Crippen LogP contribution in [-0.4, -0.2) is 29.4 Å². The zero-order chi connectivity index (χ0) is 17.3. The molecule has 1 aliphatic rings. The Morgan fingerprint density at radius 1 is 1.04 bits per heavy atom. The maximum absolute atomic E-state index is 12.7. The van der Waals surface area contributed by atoms with Crippen molar-refractivity contribution < 1.29 is 18.0 Å². The summed E-state index contributed by atoms with van der Waals surface area (Å²) in [5.74, 6) is 4.90. The maximum Gasteiger partial charge on any atom is 0.287 e. The molecule has 23 heavy (non-hydrogen) atoms. The number of sulfone groups is 1. The second kappa shape index (κ2) is 9.33. The molecule has 1 atom stereocenters. The molecule has 0 aliphatic carbocycles. The van der Waals surface area contributed by atoms with Crippen molar-refractivity contribution >= 4 is 32.7 Å². The Hall–Kier alpha value is -1.00. The zero-order valence-electron chi connectivity index (χ0n) is 13.8. The van der Waals surface area contributed by atoms with Gasteiger partial charge in [-0.1, -0.05) is 39.5 Å². The fourth-order valence-corrected chi connectivity index (χ4v) is 5.53. The topological polar surface area (TPSA) is 80.3 Å². The largest absolute Gasteiger partial charge is 0.287 e. The summed E-state index contributed by atoms with van der Waals surface area (Å²) in [5, 5.41) is 1.49. The van der Waals surface area contributed by atoms with Crippen molar-refractivity contribution in [3.8, 4) is 11.8 Å². The molecule has 1 saturated heterocycles. The van der Waals surface area contributed by atoms with Gasteiger partial charge in [-0.05, 0) is 24.6 Å². The first kappa shape index (κ1) is 20.0. The summed E-state index contributed by atoms with van der Waals surface area (Å²) < 4.78 is 23.5. The van der Waals surface area contributed by atoms with Gasteiger partial charge in [-0.25, -0.2) is 8.42 Å². The summed E-state index contributed by atoms with van der Waals surface area (Å²) in [6, 6.07) is 0. The van der Waals surface area contributed by atoms with Crippen molar-refractivity contribution in [2.24, 2.45) is 0 Å². The predicted octanol–water partition coefficient (Wildman–Crippen LogP) is 3.24. The molecule has 1 N–H and O–H groups in total. The van der Waals surface area contributed by atoms with Gasteiger partial charge in [-0.2, -0.15) is 0 Å². The first-order valence-corrected chi connectivity index (χ1v) is 10.6. The highest BCUT2D eigenvalue weighted by Crippen LogP contribution is 2.40. The van der Waals surface area contributed by atoms with Gasteiger partial charge in [0.15, 0.2) is 9.84 Å². The van der Waals surface area contributed by atoms with Crippen LogP contribution in [0.15, 0.2) is 0 Å². The molecule has 0 saturated carbocycles. The number of carbonyl (C=O) groups is 2. The lowest BCUT2D eigenvalue weighted by Crippen LogP contribution is -2.44. The van der Waals surface area contributed by atoms with Crippen LogP contribution in [0.3, 0.4) is 0 Å². The Balaban J connectivity index is 2.87. The van der Waals surface area contributed by atoms with Crippen LogP contribution in [0.2, 0.25) is 0 Å². The summed E-state index contributed by atoms with van der Waals surface area (Å²) >= 11 is 0.564. The number of rotatable bonds is 9. The Labute approximate surface area is 143 Å². The van der Waals surface area contributed by atoms with Crippen molar-refractivity contribution in [2.45, 2.75) is 69.3 Å². The molecule has 7 heteroatoms. The van der Waals surface area contributed by atoms with Crippen LogP contribution >= 0.6 is 11.8 Å². The number of thioether (sulfide) groups is 1. The van der Waals surface area contributed by atoms with Crippen molar-refractivity contribution in [2.75, 3.05) is 5.75 Å². The monoisotopic (exact) mass is 359 g/mol. The minimum atomic E-state index is -3.75. The van der Waals surface area contributed by atoms with Crippen LogP contribution in [0.4, 0.5) is 4.79 Å². The van der Waals surface area contributed by atoms with Gasteiger partial charge in [0.05, 0.1) is 5.75 Å². The SMILES string of the molecule is CCCCCC#CCC1(S(=O)(=O)CCCCC)SC(=O)NC1=O. The Morgan fingerprint density at radius 2 is 1.70 bits per heavy atom. The third-order valence-electron chi connectivity index (χ3n) is 3.69. The van der Waals surface area contributed by atoms with E-state index in [1.165, 1.54) is 0 Å². The van der Waals surface area contributed by atoms with Gasteiger partial charge in [0.2, 0.25) is 4.08 Å². The molecule has 1 unspecified atom stereocenters. The highest BCUT2D eigenvalue weighted by Gasteiger charge is 2.57. The van der Waals surface area contributed by atoms with E-state index < -0.39 is 25.1 Å². The Kier molecular flexibility index (Phi) is 8.13. The minimum Gasteiger partial charge on any atom is -0.285 e. The van der Waals surface area contributed by atoms with Crippen LogP contribution in [0, 0.1) is 11.8 Å². The number of hydrogen-bond donors (Lipinski definition) is 1. The summed E-state index contributed by atoms with van der Waals surface area (Å²) in [4.78, 5) is 23.7. The van der Waals surface area contributed by atoms with Gasteiger partial charge in [0.25, 0.3) is 11.1 Å². The van der Waals surface area contributed by atoms with E-state index in [1.807, 2.05) is 6.92 Å². The number of unbranched alkanes of at least 4 members (excludes halogenated alkanes) is 5. The van der Waals surface area contributed by atoms with Gasteiger partial charge < -0.3 is 0 Å². The van der Waals surface area contributed by atoms with Crippen molar-refractivity contribution in [3.63, 3.8) is 0 Å². The molecule has 0 aromatic heterocycles. The lowest BCUT2D eigenvalue weighted by atomic mass is 10.2. The molecule has 0 aromatic carbocycles. The molecule has 1 aliphatic heterocycles. The first-order chi connectivity index (χ1) is 10.9. The molecule has 0 spiro atoms. The van der Waals surface area contributed by atoms with E-state index in [-0.39, 0.29) is 12.2 Å². The number of nitrogens with one attached hydrogen (secondary N) is 1. The third-order valence-corrected chi connectivity index (χ3v) is 7.81. The molecular weight excluding hydrogens is 334 g/mol. The Bertz CT molecular complexity index is 589. The molecular formula is C16H25NO4S2. The quantitative estimate of drug-likeness (QED) is 0.505. The smallest absolute Gasteiger partial charge is 0.285 e. The van der Waals surface area contributed by atoms with E-state index >= 15 is 0 Å². The van der Waals surface area contributed by atoms with Crippen LogP contribution in [-0.2, 0) is 14.6 Å². The molecule has 5 nitrogen and oxygen atoms in total. The molecule has 1 rings (SSSR count). The van der Waals surface area contributed by atoms with Crippen molar-refractivity contribution in [1.29, 1.82) is 0 Å². The highest BCUT2D eigenvalue weighted by atomic mass is 32.3. The molecule has 0 bridgehead atoms. The van der Waals surface area contributed by atoms with Gasteiger partial charge >= 0.3 is 0 Å². The number of imide groups is 1. The highest BCUT2D eigenvalue weighted by molar-refractivity contribution is 8.25. The molecule has 2 amide bonds. The van der Waals surface area contributed by atoms with Gasteiger partial charge in [-0.15, -0.1) is 11.8 Å². The van der Waals surface area contributed by atoms with Crippen LogP contribution in [0.1, 0.15) is 65.2 Å². The molecule has 0 radical (unpaired) electrons. The maximum atomic E-state index is 12.7.